The molecule has 4 fully saturated rings. The number of amides is 1. The number of hydrogen-bond acceptors (Lipinski definition) is 6. The van der Waals surface area contributed by atoms with Crippen molar-refractivity contribution in [1.29, 1.82) is 0 Å². The number of carbonyl (C=O) groups excluding carboxylic acids is 2. The predicted molar refractivity (Wildman–Crippen MR) is 98.1 cm³/mol. The second-order valence-corrected chi connectivity index (χ2v) is 9.02. The molecular weight excluding hydrogens is 366 g/mol. The fourth-order valence-corrected chi connectivity index (χ4v) is 6.11. The summed E-state index contributed by atoms with van der Waals surface area (Å²) in [6, 6.07) is 0. The van der Waals surface area contributed by atoms with Gasteiger partial charge in [0.15, 0.2) is 5.60 Å². The van der Waals surface area contributed by atoms with Gasteiger partial charge in [-0.15, -0.1) is 0 Å². The van der Waals surface area contributed by atoms with Gasteiger partial charge in [-0.25, -0.2) is 4.79 Å². The van der Waals surface area contributed by atoms with E-state index in [4.69, 9.17) is 4.74 Å². The lowest BCUT2D eigenvalue weighted by atomic mass is 9.53. The van der Waals surface area contributed by atoms with E-state index in [9.17, 15) is 29.7 Å². The monoisotopic (exact) mass is 397 g/mol. The Morgan fingerprint density at radius 1 is 1.00 bits per heavy atom. The molecule has 0 aromatic rings. The molecule has 0 heterocycles. The highest BCUT2D eigenvalue weighted by Crippen LogP contribution is 2.55. The van der Waals surface area contributed by atoms with Crippen LogP contribution in [0, 0.1) is 17.8 Å². The normalized spacial score (nSPS) is 34.9. The lowest BCUT2D eigenvalue weighted by Gasteiger charge is -2.57. The summed E-state index contributed by atoms with van der Waals surface area (Å²) >= 11 is 0. The van der Waals surface area contributed by atoms with Crippen LogP contribution in [0.15, 0.2) is 0 Å². The maximum atomic E-state index is 13.2. The van der Waals surface area contributed by atoms with Crippen molar-refractivity contribution in [1.82, 2.24) is 5.32 Å². The fourth-order valence-electron chi connectivity index (χ4n) is 6.11. The quantitative estimate of drug-likeness (QED) is 0.449. The summed E-state index contributed by atoms with van der Waals surface area (Å²) in [6.45, 7) is 2.82. The average molecular weight is 397 g/mol. The van der Waals surface area contributed by atoms with E-state index >= 15 is 0 Å². The Balaban J connectivity index is 1.87. The lowest BCUT2D eigenvalue weighted by molar-refractivity contribution is -0.207. The smallest absolute Gasteiger partial charge is 0.342 e. The Bertz CT molecular complexity index is 628. The summed E-state index contributed by atoms with van der Waals surface area (Å²) in [5.74, 6) is -2.07. The van der Waals surface area contributed by atoms with Crippen LogP contribution in [0.4, 0.5) is 0 Å². The minimum atomic E-state index is -2.87. The molecule has 4 aliphatic rings. The maximum Gasteiger partial charge on any atom is 0.342 e. The molecule has 158 valence electrons. The van der Waals surface area contributed by atoms with Crippen LogP contribution in [0.1, 0.15) is 65.2 Å². The van der Waals surface area contributed by atoms with E-state index in [0.717, 1.165) is 38.5 Å². The highest BCUT2D eigenvalue weighted by molar-refractivity contribution is 5.97. The molecule has 4 saturated carbocycles. The van der Waals surface area contributed by atoms with E-state index in [1.807, 2.05) is 0 Å². The molecule has 0 aromatic heterocycles. The maximum absolute atomic E-state index is 13.2. The standard InChI is InChI=1S/C20H31NO7/c1-3-19(26,20(27,11-15(22)23)17(25)28-4-2)16(24)21-18-8-12-5-13(9-18)7-14(6-12)10-18/h12-14,26-27H,3-11H2,1-2H3,(H,21,24)(H,22,23). The third-order valence-electron chi connectivity index (χ3n) is 7.01. The van der Waals surface area contributed by atoms with E-state index in [1.54, 1.807) is 0 Å². The van der Waals surface area contributed by atoms with Crippen molar-refractivity contribution < 1.29 is 34.4 Å². The molecule has 2 atom stereocenters. The summed E-state index contributed by atoms with van der Waals surface area (Å²) in [5, 5.41) is 34.2. The number of rotatable bonds is 8. The zero-order valence-corrected chi connectivity index (χ0v) is 16.6. The second kappa shape index (κ2) is 7.30. The molecule has 0 radical (unpaired) electrons. The van der Waals surface area contributed by atoms with E-state index < -0.39 is 41.0 Å². The molecule has 4 N–H and O–H groups in total. The molecule has 8 heteroatoms. The van der Waals surface area contributed by atoms with Crippen molar-refractivity contribution in [3.05, 3.63) is 0 Å². The number of aliphatic carboxylic acids is 1. The van der Waals surface area contributed by atoms with Gasteiger partial charge in [-0.1, -0.05) is 6.92 Å². The highest BCUT2D eigenvalue weighted by Gasteiger charge is 2.62. The average Bonchev–Trinajstić information content (AvgIpc) is 2.58. The van der Waals surface area contributed by atoms with Gasteiger partial charge in [0.2, 0.25) is 5.60 Å². The minimum Gasteiger partial charge on any atom is -0.481 e. The van der Waals surface area contributed by atoms with Gasteiger partial charge in [0.25, 0.3) is 5.91 Å². The molecule has 0 saturated heterocycles. The van der Waals surface area contributed by atoms with E-state index in [0.29, 0.717) is 17.8 Å². The second-order valence-electron chi connectivity index (χ2n) is 9.02. The van der Waals surface area contributed by atoms with Crippen molar-refractivity contribution >= 4 is 17.8 Å². The molecule has 0 aliphatic heterocycles. The van der Waals surface area contributed by atoms with Crippen LogP contribution in [0.5, 0.6) is 0 Å². The predicted octanol–water partition coefficient (Wildman–Crippen LogP) is 0.981. The van der Waals surface area contributed by atoms with Crippen LogP contribution >= 0.6 is 0 Å². The SMILES string of the molecule is CCOC(=O)C(O)(CC(=O)O)C(O)(CC)C(=O)NC12CC3CC(CC(C3)C1)C2. The van der Waals surface area contributed by atoms with Crippen LogP contribution in [0.3, 0.4) is 0 Å². The molecule has 4 rings (SSSR count). The molecule has 0 aromatic carbocycles. The summed E-state index contributed by atoms with van der Waals surface area (Å²) in [5.41, 5.74) is -5.91. The Labute approximate surface area is 164 Å². The lowest BCUT2D eigenvalue weighted by Crippen LogP contribution is -2.71. The van der Waals surface area contributed by atoms with Gasteiger partial charge in [-0.2, -0.15) is 0 Å². The largest absolute Gasteiger partial charge is 0.481 e. The van der Waals surface area contributed by atoms with Crippen LogP contribution in [0.2, 0.25) is 0 Å². The minimum absolute atomic E-state index is 0.114. The zero-order chi connectivity index (χ0) is 20.7. The first-order valence-corrected chi connectivity index (χ1v) is 10.2. The topological polar surface area (TPSA) is 133 Å². The molecular formula is C20H31NO7. The van der Waals surface area contributed by atoms with Crippen LogP contribution < -0.4 is 5.32 Å². The van der Waals surface area contributed by atoms with E-state index in [1.165, 1.54) is 13.8 Å². The van der Waals surface area contributed by atoms with Gasteiger partial charge >= 0.3 is 11.9 Å². The van der Waals surface area contributed by atoms with Crippen LogP contribution in [-0.4, -0.2) is 56.5 Å². The van der Waals surface area contributed by atoms with Crippen LogP contribution in [0.25, 0.3) is 0 Å². The molecule has 0 spiro atoms. The molecule has 2 unspecified atom stereocenters. The molecule has 1 amide bonds. The number of ether oxygens (including phenoxy) is 1. The summed E-state index contributed by atoms with van der Waals surface area (Å²) in [7, 11) is 0. The van der Waals surface area contributed by atoms with Crippen molar-refractivity contribution in [3.8, 4) is 0 Å². The zero-order valence-electron chi connectivity index (χ0n) is 16.6. The van der Waals surface area contributed by atoms with Crippen molar-refractivity contribution in [2.24, 2.45) is 17.8 Å². The molecule has 4 bridgehead atoms. The Morgan fingerprint density at radius 2 is 1.50 bits per heavy atom. The van der Waals surface area contributed by atoms with Crippen LogP contribution in [-0.2, 0) is 19.1 Å². The first-order valence-electron chi connectivity index (χ1n) is 10.2. The number of carboxylic acids is 1. The summed E-state index contributed by atoms with van der Waals surface area (Å²) in [4.78, 5) is 36.9. The summed E-state index contributed by atoms with van der Waals surface area (Å²) < 4.78 is 4.81. The molecule has 8 nitrogen and oxygen atoms in total. The Hall–Kier alpha value is -1.67. The third kappa shape index (κ3) is 3.41. The van der Waals surface area contributed by atoms with Crippen molar-refractivity contribution in [2.45, 2.75) is 82.0 Å². The highest BCUT2D eigenvalue weighted by atomic mass is 16.6. The van der Waals surface area contributed by atoms with Gasteiger partial charge in [0.1, 0.15) is 0 Å². The molecule has 4 aliphatic carbocycles. The Morgan fingerprint density at radius 3 is 1.89 bits per heavy atom. The number of nitrogens with one attached hydrogen (secondary N) is 1. The number of aliphatic hydroxyl groups is 2. The number of carbonyl (C=O) groups is 3. The number of esters is 1. The Kier molecular flexibility index (Phi) is 5.49. The molecule has 28 heavy (non-hydrogen) atoms. The number of hydrogen-bond donors (Lipinski definition) is 4. The first-order chi connectivity index (χ1) is 13.1. The first kappa shape index (κ1) is 21.0. The summed E-state index contributed by atoms with van der Waals surface area (Å²) in [6.07, 6.45) is 4.51. The van der Waals surface area contributed by atoms with Gasteiger partial charge in [0, 0.05) is 5.54 Å². The van der Waals surface area contributed by atoms with Gasteiger partial charge in [0.05, 0.1) is 13.0 Å². The van der Waals surface area contributed by atoms with Gasteiger partial charge in [-0.05, 0) is 69.6 Å². The third-order valence-corrected chi connectivity index (χ3v) is 7.01. The number of carboxylic acid groups (broad SMARTS) is 1. The van der Waals surface area contributed by atoms with Crippen molar-refractivity contribution in [3.63, 3.8) is 0 Å². The van der Waals surface area contributed by atoms with E-state index in [-0.39, 0.29) is 13.0 Å². The van der Waals surface area contributed by atoms with Gasteiger partial charge < -0.3 is 25.4 Å². The van der Waals surface area contributed by atoms with E-state index in [2.05, 4.69) is 5.32 Å². The van der Waals surface area contributed by atoms with Crippen molar-refractivity contribution in [2.75, 3.05) is 6.61 Å². The van der Waals surface area contributed by atoms with Gasteiger partial charge in [-0.3, -0.25) is 9.59 Å². The fraction of sp³-hybridized carbons (Fsp3) is 0.850.